The first kappa shape index (κ1) is 10.9. The van der Waals surface area contributed by atoms with Crippen molar-refractivity contribution in [3.05, 3.63) is 0 Å². The molecule has 0 bridgehead atoms. The SMILES string of the molecule is O=C(O)[C@@H](O)CN1CCC[C@H]1C(=O)O. The van der Waals surface area contributed by atoms with Crippen molar-refractivity contribution < 1.29 is 24.9 Å². The Labute approximate surface area is 80.8 Å². The van der Waals surface area contributed by atoms with Crippen LogP contribution in [0.15, 0.2) is 0 Å². The Morgan fingerprint density at radius 2 is 2.07 bits per heavy atom. The normalized spacial score (nSPS) is 24.8. The molecule has 0 saturated carbocycles. The van der Waals surface area contributed by atoms with Crippen molar-refractivity contribution in [2.75, 3.05) is 13.1 Å². The first-order valence-electron chi connectivity index (χ1n) is 4.40. The molecule has 0 spiro atoms. The van der Waals surface area contributed by atoms with Crippen molar-refractivity contribution in [2.45, 2.75) is 25.0 Å². The molecule has 0 aromatic carbocycles. The van der Waals surface area contributed by atoms with Crippen LogP contribution in [0.25, 0.3) is 0 Å². The largest absolute Gasteiger partial charge is 0.480 e. The predicted molar refractivity (Wildman–Crippen MR) is 45.9 cm³/mol. The number of aliphatic hydroxyl groups is 1. The summed E-state index contributed by atoms with van der Waals surface area (Å²) in [5.41, 5.74) is 0. The van der Waals surface area contributed by atoms with E-state index in [0.717, 1.165) is 6.42 Å². The standard InChI is InChI=1S/C8H13NO5/c10-6(8(13)14)4-9-3-1-2-5(9)7(11)12/h5-6,10H,1-4H2,(H,11,12)(H,13,14)/t5-,6-/m0/s1. The maximum atomic E-state index is 10.7. The minimum Gasteiger partial charge on any atom is -0.480 e. The molecule has 14 heavy (non-hydrogen) atoms. The van der Waals surface area contributed by atoms with E-state index in [1.807, 2.05) is 0 Å². The lowest BCUT2D eigenvalue weighted by molar-refractivity contribution is -0.150. The second kappa shape index (κ2) is 4.39. The van der Waals surface area contributed by atoms with E-state index in [9.17, 15) is 9.59 Å². The Morgan fingerprint density at radius 3 is 2.57 bits per heavy atom. The van der Waals surface area contributed by atoms with E-state index in [4.69, 9.17) is 15.3 Å². The van der Waals surface area contributed by atoms with Crippen LogP contribution in [0.4, 0.5) is 0 Å². The van der Waals surface area contributed by atoms with E-state index in [1.165, 1.54) is 4.90 Å². The highest BCUT2D eigenvalue weighted by atomic mass is 16.4. The lowest BCUT2D eigenvalue weighted by atomic mass is 10.2. The molecule has 2 atom stereocenters. The first-order chi connectivity index (χ1) is 6.52. The summed E-state index contributed by atoms with van der Waals surface area (Å²) in [6.45, 7) is 0.410. The number of hydrogen-bond donors (Lipinski definition) is 3. The Hall–Kier alpha value is -1.14. The fraction of sp³-hybridized carbons (Fsp3) is 0.750. The quantitative estimate of drug-likeness (QED) is 0.541. The minimum atomic E-state index is -1.50. The second-order valence-corrected chi connectivity index (χ2v) is 3.35. The van der Waals surface area contributed by atoms with Gasteiger partial charge in [0.25, 0.3) is 0 Å². The Balaban J connectivity index is 2.51. The molecule has 1 aliphatic heterocycles. The van der Waals surface area contributed by atoms with Crippen molar-refractivity contribution >= 4 is 11.9 Å². The third-order valence-corrected chi connectivity index (χ3v) is 2.34. The van der Waals surface area contributed by atoms with Gasteiger partial charge in [0.1, 0.15) is 6.04 Å². The molecule has 0 aliphatic carbocycles. The summed E-state index contributed by atoms with van der Waals surface area (Å²) in [6.07, 6.45) is -0.264. The lowest BCUT2D eigenvalue weighted by Crippen LogP contribution is -2.42. The molecule has 80 valence electrons. The topological polar surface area (TPSA) is 98.1 Å². The van der Waals surface area contributed by atoms with Gasteiger partial charge in [0.05, 0.1) is 0 Å². The molecule has 0 unspecified atom stereocenters. The van der Waals surface area contributed by atoms with Gasteiger partial charge in [0.15, 0.2) is 6.10 Å². The van der Waals surface area contributed by atoms with Crippen molar-refractivity contribution in [3.63, 3.8) is 0 Å². The average Bonchev–Trinajstić information content (AvgIpc) is 2.52. The van der Waals surface area contributed by atoms with Crippen molar-refractivity contribution in [1.82, 2.24) is 4.90 Å². The van der Waals surface area contributed by atoms with E-state index < -0.39 is 24.1 Å². The van der Waals surface area contributed by atoms with Gasteiger partial charge in [-0.3, -0.25) is 9.69 Å². The summed E-state index contributed by atoms with van der Waals surface area (Å²) in [7, 11) is 0. The summed E-state index contributed by atoms with van der Waals surface area (Å²) in [6, 6.07) is -0.649. The lowest BCUT2D eigenvalue weighted by Gasteiger charge is -2.21. The maximum absolute atomic E-state index is 10.7. The van der Waals surface area contributed by atoms with Crippen LogP contribution in [-0.4, -0.2) is 57.4 Å². The van der Waals surface area contributed by atoms with Crippen LogP contribution in [0, 0.1) is 0 Å². The fourth-order valence-corrected chi connectivity index (χ4v) is 1.62. The van der Waals surface area contributed by atoms with Crippen LogP contribution >= 0.6 is 0 Å². The van der Waals surface area contributed by atoms with Crippen LogP contribution < -0.4 is 0 Å². The minimum absolute atomic E-state index is 0.119. The highest BCUT2D eigenvalue weighted by Gasteiger charge is 2.32. The number of rotatable bonds is 4. The number of likely N-dealkylation sites (tertiary alicyclic amines) is 1. The molecule has 1 aliphatic rings. The van der Waals surface area contributed by atoms with Crippen LogP contribution in [-0.2, 0) is 9.59 Å². The van der Waals surface area contributed by atoms with Gasteiger partial charge in [-0.15, -0.1) is 0 Å². The van der Waals surface area contributed by atoms with E-state index >= 15 is 0 Å². The number of carbonyl (C=O) groups is 2. The third-order valence-electron chi connectivity index (χ3n) is 2.34. The molecule has 6 nitrogen and oxygen atoms in total. The molecule has 0 aromatic heterocycles. The predicted octanol–water partition coefficient (Wildman–Crippen LogP) is -1.02. The number of hydrogen-bond acceptors (Lipinski definition) is 4. The van der Waals surface area contributed by atoms with Gasteiger partial charge in [-0.25, -0.2) is 4.79 Å². The average molecular weight is 203 g/mol. The van der Waals surface area contributed by atoms with Crippen LogP contribution in [0.1, 0.15) is 12.8 Å². The monoisotopic (exact) mass is 203 g/mol. The second-order valence-electron chi connectivity index (χ2n) is 3.35. The number of aliphatic carboxylic acids is 2. The van der Waals surface area contributed by atoms with Gasteiger partial charge >= 0.3 is 11.9 Å². The number of carboxylic acid groups (broad SMARTS) is 2. The molecule has 6 heteroatoms. The van der Waals surface area contributed by atoms with Gasteiger partial charge in [0, 0.05) is 6.54 Å². The van der Waals surface area contributed by atoms with Gasteiger partial charge < -0.3 is 15.3 Å². The van der Waals surface area contributed by atoms with Gasteiger partial charge in [-0.1, -0.05) is 0 Å². The van der Waals surface area contributed by atoms with E-state index in [2.05, 4.69) is 0 Å². The molecule has 0 radical (unpaired) electrons. The molecule has 1 rings (SSSR count). The first-order valence-corrected chi connectivity index (χ1v) is 4.40. The maximum Gasteiger partial charge on any atom is 0.333 e. The molecule has 3 N–H and O–H groups in total. The molecule has 0 aromatic rings. The highest BCUT2D eigenvalue weighted by Crippen LogP contribution is 2.17. The van der Waals surface area contributed by atoms with E-state index in [0.29, 0.717) is 13.0 Å². The van der Waals surface area contributed by atoms with E-state index in [-0.39, 0.29) is 6.54 Å². The molecule has 1 heterocycles. The van der Waals surface area contributed by atoms with Crippen molar-refractivity contribution in [3.8, 4) is 0 Å². The zero-order valence-corrected chi connectivity index (χ0v) is 7.59. The number of aliphatic hydroxyl groups excluding tert-OH is 1. The smallest absolute Gasteiger partial charge is 0.333 e. The molecule has 1 saturated heterocycles. The highest BCUT2D eigenvalue weighted by molar-refractivity contribution is 5.74. The van der Waals surface area contributed by atoms with Crippen LogP contribution in [0.3, 0.4) is 0 Å². The molecule has 0 amide bonds. The Bertz CT molecular complexity index is 242. The van der Waals surface area contributed by atoms with E-state index in [1.54, 1.807) is 0 Å². The number of carboxylic acids is 2. The Kier molecular flexibility index (Phi) is 3.43. The summed E-state index contributed by atoms with van der Waals surface area (Å²) >= 11 is 0. The summed E-state index contributed by atoms with van der Waals surface area (Å²) in [4.78, 5) is 22.5. The van der Waals surface area contributed by atoms with Gasteiger partial charge in [-0.05, 0) is 19.4 Å². The molecular weight excluding hydrogens is 190 g/mol. The molecular formula is C8H13NO5. The third kappa shape index (κ3) is 2.43. The van der Waals surface area contributed by atoms with Crippen LogP contribution in [0.5, 0.6) is 0 Å². The van der Waals surface area contributed by atoms with Crippen molar-refractivity contribution in [2.24, 2.45) is 0 Å². The van der Waals surface area contributed by atoms with Crippen LogP contribution in [0.2, 0.25) is 0 Å². The summed E-state index contributed by atoms with van der Waals surface area (Å²) < 4.78 is 0. The zero-order valence-electron chi connectivity index (χ0n) is 7.59. The summed E-state index contributed by atoms with van der Waals surface area (Å²) in [5, 5.41) is 26.3. The molecule has 1 fully saturated rings. The number of nitrogens with zero attached hydrogens (tertiary/aromatic N) is 1. The Morgan fingerprint density at radius 1 is 1.43 bits per heavy atom. The number of β-amino-alcohol motifs (C(OH)–C–C–N with tert-alkyl or cyclic N) is 1. The van der Waals surface area contributed by atoms with Gasteiger partial charge in [-0.2, -0.15) is 0 Å². The fourth-order valence-electron chi connectivity index (χ4n) is 1.62. The van der Waals surface area contributed by atoms with Gasteiger partial charge in [0.2, 0.25) is 0 Å². The summed E-state index contributed by atoms with van der Waals surface area (Å²) in [5.74, 6) is -2.28. The zero-order chi connectivity index (χ0) is 10.7. The van der Waals surface area contributed by atoms with Crippen molar-refractivity contribution in [1.29, 1.82) is 0 Å².